The van der Waals surface area contributed by atoms with Crippen LogP contribution in [-0.2, 0) is 4.74 Å². The van der Waals surface area contributed by atoms with Gasteiger partial charge in [0.05, 0.1) is 0 Å². The van der Waals surface area contributed by atoms with E-state index in [1.807, 2.05) is 37.3 Å². The van der Waals surface area contributed by atoms with Gasteiger partial charge in [0.1, 0.15) is 6.61 Å². The normalized spacial score (nSPS) is 13.7. The minimum atomic E-state index is -0.353. The summed E-state index contributed by atoms with van der Waals surface area (Å²) in [5.74, 6) is 0.103. The van der Waals surface area contributed by atoms with Gasteiger partial charge in [-0.15, -0.1) is 6.58 Å². The molecule has 0 aliphatic heterocycles. The fourth-order valence-electron chi connectivity index (χ4n) is 3.28. The first-order chi connectivity index (χ1) is 11.7. The Morgan fingerprint density at radius 3 is 2.33 bits per heavy atom. The van der Waals surface area contributed by atoms with Crippen LogP contribution in [0.1, 0.15) is 36.8 Å². The highest BCUT2D eigenvalue weighted by Gasteiger charge is 2.29. The summed E-state index contributed by atoms with van der Waals surface area (Å²) in [6.07, 6.45) is 3.25. The number of fused-ring (bicyclic) bond motifs is 3. The lowest BCUT2D eigenvalue weighted by Gasteiger charge is -2.17. The van der Waals surface area contributed by atoms with E-state index < -0.39 is 0 Å². The lowest BCUT2D eigenvalue weighted by Crippen LogP contribution is -2.33. The van der Waals surface area contributed by atoms with Crippen molar-refractivity contribution in [1.29, 1.82) is 0 Å². The number of nitrogens with one attached hydrogen (secondary N) is 1. The predicted octanol–water partition coefficient (Wildman–Crippen LogP) is 4.88. The molecule has 0 fully saturated rings. The number of carbonyl (C=O) groups excluding carboxylic acids is 1. The molecule has 3 heteroatoms. The molecule has 2 aromatic carbocycles. The maximum atomic E-state index is 12.0. The van der Waals surface area contributed by atoms with Crippen LogP contribution in [0.5, 0.6) is 0 Å². The Bertz CT molecular complexity index is 693. The largest absolute Gasteiger partial charge is 0.449 e. The van der Waals surface area contributed by atoms with Gasteiger partial charge < -0.3 is 10.1 Å². The van der Waals surface area contributed by atoms with E-state index >= 15 is 0 Å². The molecule has 0 saturated carbocycles. The minimum absolute atomic E-state index is 0.0821. The van der Waals surface area contributed by atoms with Gasteiger partial charge in [-0.1, -0.05) is 54.6 Å². The molecule has 1 aliphatic carbocycles. The lowest BCUT2D eigenvalue weighted by atomic mass is 9.98. The number of amides is 1. The summed E-state index contributed by atoms with van der Waals surface area (Å²) in [7, 11) is 0. The van der Waals surface area contributed by atoms with Gasteiger partial charge in [-0.3, -0.25) is 0 Å². The first-order valence-corrected chi connectivity index (χ1v) is 8.43. The van der Waals surface area contributed by atoms with E-state index in [4.69, 9.17) is 4.74 Å². The minimum Gasteiger partial charge on any atom is -0.449 e. The SMILES string of the molecule is C=CCCC(C)NC(=O)OCC1c2ccccc2-c2ccccc21. The zero-order chi connectivity index (χ0) is 16.9. The summed E-state index contributed by atoms with van der Waals surface area (Å²) >= 11 is 0. The maximum Gasteiger partial charge on any atom is 0.407 e. The molecular weight excluding hydrogens is 298 g/mol. The lowest BCUT2D eigenvalue weighted by molar-refractivity contribution is 0.139. The number of carbonyl (C=O) groups is 1. The molecule has 0 aromatic heterocycles. The van der Waals surface area contributed by atoms with Crippen LogP contribution >= 0.6 is 0 Å². The third kappa shape index (κ3) is 3.35. The zero-order valence-corrected chi connectivity index (χ0v) is 14.0. The van der Waals surface area contributed by atoms with Crippen molar-refractivity contribution in [3.05, 3.63) is 72.3 Å². The number of benzene rings is 2. The van der Waals surface area contributed by atoms with E-state index in [1.165, 1.54) is 22.3 Å². The topological polar surface area (TPSA) is 38.3 Å². The molecule has 1 unspecified atom stereocenters. The Labute approximate surface area is 143 Å². The van der Waals surface area contributed by atoms with Crippen molar-refractivity contribution in [2.75, 3.05) is 6.61 Å². The molecule has 0 saturated heterocycles. The van der Waals surface area contributed by atoms with Crippen molar-refractivity contribution >= 4 is 6.09 Å². The molecule has 124 valence electrons. The Kier molecular flexibility index (Phi) is 4.99. The number of allylic oxidation sites excluding steroid dienone is 1. The fraction of sp³-hybridized carbons (Fsp3) is 0.286. The Balaban J connectivity index is 1.67. The van der Waals surface area contributed by atoms with E-state index in [1.54, 1.807) is 0 Å². The number of hydrogen-bond donors (Lipinski definition) is 1. The van der Waals surface area contributed by atoms with E-state index in [-0.39, 0.29) is 18.1 Å². The Morgan fingerprint density at radius 2 is 1.75 bits per heavy atom. The summed E-state index contributed by atoms with van der Waals surface area (Å²) < 4.78 is 5.51. The summed E-state index contributed by atoms with van der Waals surface area (Å²) in [4.78, 5) is 12.0. The van der Waals surface area contributed by atoms with Gasteiger partial charge in [-0.25, -0.2) is 4.79 Å². The summed E-state index contributed by atoms with van der Waals surface area (Å²) in [6.45, 7) is 6.03. The average molecular weight is 321 g/mol. The zero-order valence-electron chi connectivity index (χ0n) is 14.0. The van der Waals surface area contributed by atoms with Gasteiger partial charge in [0, 0.05) is 12.0 Å². The maximum absolute atomic E-state index is 12.0. The van der Waals surface area contributed by atoms with Gasteiger partial charge in [0.25, 0.3) is 0 Å². The van der Waals surface area contributed by atoms with Crippen LogP contribution in [0.2, 0.25) is 0 Å². The summed E-state index contributed by atoms with van der Waals surface area (Å²) in [5, 5.41) is 2.88. The second-order valence-corrected chi connectivity index (χ2v) is 6.24. The molecule has 0 radical (unpaired) electrons. The van der Waals surface area contributed by atoms with Crippen LogP contribution in [0, 0.1) is 0 Å². The highest BCUT2D eigenvalue weighted by atomic mass is 16.5. The molecule has 0 bridgehead atoms. The van der Waals surface area contributed by atoms with E-state index in [0.717, 1.165) is 12.8 Å². The number of alkyl carbamates (subject to hydrolysis) is 1. The molecule has 1 aliphatic rings. The van der Waals surface area contributed by atoms with Gasteiger partial charge in [0.15, 0.2) is 0 Å². The van der Waals surface area contributed by atoms with Gasteiger partial charge in [0.2, 0.25) is 0 Å². The average Bonchev–Trinajstić information content (AvgIpc) is 2.92. The van der Waals surface area contributed by atoms with Crippen LogP contribution in [-0.4, -0.2) is 18.7 Å². The highest BCUT2D eigenvalue weighted by Crippen LogP contribution is 2.44. The third-order valence-corrected chi connectivity index (χ3v) is 4.51. The number of rotatable bonds is 6. The number of hydrogen-bond acceptors (Lipinski definition) is 2. The van der Waals surface area contributed by atoms with E-state index in [2.05, 4.69) is 36.2 Å². The van der Waals surface area contributed by atoms with Crippen molar-refractivity contribution in [3.8, 4) is 11.1 Å². The van der Waals surface area contributed by atoms with Crippen LogP contribution < -0.4 is 5.32 Å². The molecule has 1 N–H and O–H groups in total. The van der Waals surface area contributed by atoms with Gasteiger partial charge in [-0.05, 0) is 42.0 Å². The number of ether oxygens (including phenoxy) is 1. The molecule has 24 heavy (non-hydrogen) atoms. The molecule has 3 rings (SSSR count). The van der Waals surface area contributed by atoms with Gasteiger partial charge in [-0.2, -0.15) is 0 Å². The fourth-order valence-corrected chi connectivity index (χ4v) is 3.28. The highest BCUT2D eigenvalue weighted by molar-refractivity contribution is 5.79. The van der Waals surface area contributed by atoms with Crippen molar-refractivity contribution < 1.29 is 9.53 Å². The first kappa shape index (κ1) is 16.3. The quantitative estimate of drug-likeness (QED) is 0.770. The molecule has 2 aromatic rings. The first-order valence-electron chi connectivity index (χ1n) is 8.43. The van der Waals surface area contributed by atoms with E-state index in [0.29, 0.717) is 6.61 Å². The van der Waals surface area contributed by atoms with Crippen LogP contribution in [0.15, 0.2) is 61.2 Å². The molecule has 0 heterocycles. The van der Waals surface area contributed by atoms with Crippen LogP contribution in [0.4, 0.5) is 4.79 Å². The Morgan fingerprint density at radius 1 is 1.17 bits per heavy atom. The molecule has 1 amide bonds. The molecule has 3 nitrogen and oxygen atoms in total. The van der Waals surface area contributed by atoms with Crippen LogP contribution in [0.25, 0.3) is 11.1 Å². The van der Waals surface area contributed by atoms with Gasteiger partial charge >= 0.3 is 6.09 Å². The molecule has 1 atom stereocenters. The van der Waals surface area contributed by atoms with Crippen molar-refractivity contribution in [2.45, 2.75) is 31.7 Å². The van der Waals surface area contributed by atoms with Crippen molar-refractivity contribution in [3.63, 3.8) is 0 Å². The summed E-state index contributed by atoms with van der Waals surface area (Å²) in [5.41, 5.74) is 4.93. The standard InChI is InChI=1S/C21H23NO2/c1-3-4-9-15(2)22-21(23)24-14-20-18-12-7-5-10-16(18)17-11-6-8-13-19(17)20/h3,5-8,10-13,15,20H,1,4,9,14H2,2H3,(H,22,23). The van der Waals surface area contributed by atoms with Crippen molar-refractivity contribution in [1.82, 2.24) is 5.32 Å². The molecule has 0 spiro atoms. The smallest absolute Gasteiger partial charge is 0.407 e. The van der Waals surface area contributed by atoms with E-state index in [9.17, 15) is 4.79 Å². The monoisotopic (exact) mass is 321 g/mol. The second-order valence-electron chi connectivity index (χ2n) is 6.24. The van der Waals surface area contributed by atoms with Crippen LogP contribution in [0.3, 0.4) is 0 Å². The summed E-state index contributed by atoms with van der Waals surface area (Å²) in [6, 6.07) is 16.8. The second kappa shape index (κ2) is 7.35. The molecular formula is C21H23NO2. The third-order valence-electron chi connectivity index (χ3n) is 4.51. The Hall–Kier alpha value is -2.55. The van der Waals surface area contributed by atoms with Crippen molar-refractivity contribution in [2.24, 2.45) is 0 Å². The predicted molar refractivity (Wildman–Crippen MR) is 97.1 cm³/mol.